The summed E-state index contributed by atoms with van der Waals surface area (Å²) in [5, 5.41) is 11.3. The first kappa shape index (κ1) is 25.6. The van der Waals surface area contributed by atoms with E-state index in [1.807, 2.05) is 0 Å². The number of anilines is 1. The third-order valence-corrected chi connectivity index (χ3v) is 5.60. The predicted octanol–water partition coefficient (Wildman–Crippen LogP) is 5.62. The average molecular weight is 513 g/mol. The van der Waals surface area contributed by atoms with Crippen molar-refractivity contribution in [1.29, 1.82) is 0 Å². The van der Waals surface area contributed by atoms with Gasteiger partial charge in [0.1, 0.15) is 23.0 Å². The Labute approximate surface area is 210 Å². The molecular formula is C27H22F3NO6. The molecule has 1 aliphatic heterocycles. The number of carbonyl (C=O) groups excluding carboxylic acids is 2. The van der Waals surface area contributed by atoms with Gasteiger partial charge in [0.2, 0.25) is 0 Å². The molecular weight excluding hydrogens is 491 g/mol. The number of hydrogen-bond acceptors (Lipinski definition) is 6. The molecule has 0 bridgehead atoms. The number of aliphatic hydroxyl groups excluding tert-OH is 1. The van der Waals surface area contributed by atoms with Crippen LogP contribution < -0.4 is 19.1 Å². The van der Waals surface area contributed by atoms with Gasteiger partial charge in [-0.05, 0) is 48.9 Å². The Morgan fingerprint density at radius 2 is 1.62 bits per heavy atom. The smallest absolute Gasteiger partial charge is 0.507 e. The highest BCUT2D eigenvalue weighted by Crippen LogP contribution is 2.44. The minimum absolute atomic E-state index is 0.0289. The van der Waals surface area contributed by atoms with Gasteiger partial charge in [0.05, 0.1) is 25.3 Å². The maximum absolute atomic E-state index is 13.3. The first-order valence-corrected chi connectivity index (χ1v) is 11.2. The number of benzene rings is 3. The van der Waals surface area contributed by atoms with Gasteiger partial charge in [0, 0.05) is 17.3 Å². The van der Waals surface area contributed by atoms with E-state index in [1.54, 1.807) is 49.4 Å². The summed E-state index contributed by atoms with van der Waals surface area (Å²) in [5.41, 5.74) is 0.349. The van der Waals surface area contributed by atoms with Crippen molar-refractivity contribution in [2.24, 2.45) is 0 Å². The summed E-state index contributed by atoms with van der Waals surface area (Å²) in [5.74, 6) is -2.21. The van der Waals surface area contributed by atoms with Gasteiger partial charge in [0.25, 0.3) is 11.7 Å². The number of aliphatic hydroxyl groups is 1. The van der Waals surface area contributed by atoms with Gasteiger partial charge in [-0.15, -0.1) is 13.2 Å². The van der Waals surface area contributed by atoms with Crippen LogP contribution in [0.2, 0.25) is 0 Å². The molecule has 0 aromatic heterocycles. The van der Waals surface area contributed by atoms with Crippen molar-refractivity contribution in [3.63, 3.8) is 0 Å². The van der Waals surface area contributed by atoms with E-state index in [-0.39, 0.29) is 16.8 Å². The molecule has 37 heavy (non-hydrogen) atoms. The normalized spacial score (nSPS) is 17.1. The van der Waals surface area contributed by atoms with Crippen LogP contribution in [0.5, 0.6) is 17.2 Å². The Kier molecular flexibility index (Phi) is 7.10. The van der Waals surface area contributed by atoms with Crippen LogP contribution in [0.15, 0.2) is 78.4 Å². The maximum atomic E-state index is 13.3. The highest BCUT2D eigenvalue weighted by atomic mass is 19.4. The lowest BCUT2D eigenvalue weighted by Gasteiger charge is -2.26. The molecule has 1 aliphatic rings. The van der Waals surface area contributed by atoms with Crippen LogP contribution in [0.4, 0.5) is 18.9 Å². The summed E-state index contributed by atoms with van der Waals surface area (Å²) >= 11 is 0. The van der Waals surface area contributed by atoms with Crippen molar-refractivity contribution in [1.82, 2.24) is 0 Å². The second-order valence-electron chi connectivity index (χ2n) is 7.95. The van der Waals surface area contributed by atoms with Gasteiger partial charge in [-0.25, -0.2) is 0 Å². The molecule has 1 amide bonds. The van der Waals surface area contributed by atoms with Crippen LogP contribution in [0, 0.1) is 0 Å². The lowest BCUT2D eigenvalue weighted by Crippen LogP contribution is -2.29. The minimum Gasteiger partial charge on any atom is -0.507 e. The van der Waals surface area contributed by atoms with Crippen LogP contribution in [0.3, 0.4) is 0 Å². The van der Waals surface area contributed by atoms with Crippen molar-refractivity contribution in [2.45, 2.75) is 19.3 Å². The Morgan fingerprint density at radius 3 is 2.32 bits per heavy atom. The molecule has 1 unspecified atom stereocenters. The Balaban J connectivity index is 1.91. The van der Waals surface area contributed by atoms with Crippen molar-refractivity contribution >= 4 is 23.1 Å². The molecule has 3 aromatic rings. The molecule has 0 spiro atoms. The molecule has 1 heterocycles. The molecule has 1 atom stereocenters. The standard InChI is InChI=1S/C27H22F3NO6/c1-3-36-20-11-5-8-17(14-20)24(32)22-23(16-7-4-10-19(13-16)35-2)31(26(34)25(22)33)18-9-6-12-21(15-18)37-27(28,29)30/h4-15,23,32H,3H2,1-2H3/b24-22+. The zero-order chi connectivity index (χ0) is 26.7. The molecule has 4 rings (SSSR count). The zero-order valence-electron chi connectivity index (χ0n) is 19.8. The van der Waals surface area contributed by atoms with E-state index in [9.17, 15) is 27.9 Å². The summed E-state index contributed by atoms with van der Waals surface area (Å²) in [6, 6.07) is 16.4. The number of halogens is 3. The Hall–Kier alpha value is -4.47. The van der Waals surface area contributed by atoms with E-state index in [0.717, 1.165) is 17.0 Å². The number of ketones is 1. The van der Waals surface area contributed by atoms with Gasteiger partial charge < -0.3 is 19.3 Å². The molecule has 0 saturated carbocycles. The third kappa shape index (κ3) is 5.37. The minimum atomic E-state index is -4.95. The third-order valence-electron chi connectivity index (χ3n) is 5.60. The largest absolute Gasteiger partial charge is 0.573 e. The zero-order valence-corrected chi connectivity index (χ0v) is 19.8. The summed E-state index contributed by atoms with van der Waals surface area (Å²) in [6.07, 6.45) is -4.95. The van der Waals surface area contributed by atoms with E-state index in [1.165, 1.54) is 25.3 Å². The number of carbonyl (C=O) groups is 2. The van der Waals surface area contributed by atoms with E-state index in [2.05, 4.69) is 4.74 Å². The van der Waals surface area contributed by atoms with E-state index in [4.69, 9.17) is 9.47 Å². The van der Waals surface area contributed by atoms with Gasteiger partial charge in [0.15, 0.2) is 0 Å². The van der Waals surface area contributed by atoms with Crippen molar-refractivity contribution < 1.29 is 42.1 Å². The molecule has 1 fully saturated rings. The topological polar surface area (TPSA) is 85.3 Å². The average Bonchev–Trinajstić information content (AvgIpc) is 3.13. The Morgan fingerprint density at radius 1 is 0.946 bits per heavy atom. The van der Waals surface area contributed by atoms with Crippen molar-refractivity contribution in [3.8, 4) is 17.2 Å². The molecule has 192 valence electrons. The monoisotopic (exact) mass is 513 g/mol. The second kappa shape index (κ2) is 10.3. The number of methoxy groups -OCH3 is 1. The van der Waals surface area contributed by atoms with Gasteiger partial charge in [-0.2, -0.15) is 0 Å². The highest BCUT2D eigenvalue weighted by Gasteiger charge is 2.47. The lowest BCUT2D eigenvalue weighted by molar-refractivity contribution is -0.274. The number of nitrogens with zero attached hydrogens (tertiary/aromatic N) is 1. The SMILES string of the molecule is CCOc1cccc(/C(O)=C2\C(=O)C(=O)N(c3cccc(OC(F)(F)F)c3)C2c2cccc(OC)c2)c1. The summed E-state index contributed by atoms with van der Waals surface area (Å²) in [4.78, 5) is 27.6. The van der Waals surface area contributed by atoms with E-state index < -0.39 is 35.6 Å². The predicted molar refractivity (Wildman–Crippen MR) is 129 cm³/mol. The first-order chi connectivity index (χ1) is 17.6. The molecule has 1 N–H and O–H groups in total. The molecule has 0 aliphatic carbocycles. The van der Waals surface area contributed by atoms with E-state index >= 15 is 0 Å². The second-order valence-corrected chi connectivity index (χ2v) is 7.95. The molecule has 10 heteroatoms. The maximum Gasteiger partial charge on any atom is 0.573 e. The van der Waals surface area contributed by atoms with Crippen LogP contribution in [0.1, 0.15) is 24.1 Å². The summed E-state index contributed by atoms with van der Waals surface area (Å²) < 4.78 is 53.3. The molecule has 0 radical (unpaired) electrons. The van der Waals surface area contributed by atoms with Crippen LogP contribution in [0.25, 0.3) is 5.76 Å². The van der Waals surface area contributed by atoms with Gasteiger partial charge in [-0.1, -0.05) is 30.3 Å². The summed E-state index contributed by atoms with van der Waals surface area (Å²) in [7, 11) is 1.44. The molecule has 7 nitrogen and oxygen atoms in total. The quantitative estimate of drug-likeness (QED) is 0.251. The first-order valence-electron chi connectivity index (χ1n) is 11.2. The number of hydrogen-bond donors (Lipinski definition) is 1. The van der Waals surface area contributed by atoms with Crippen LogP contribution in [-0.4, -0.2) is 36.9 Å². The number of amides is 1. The highest BCUT2D eigenvalue weighted by molar-refractivity contribution is 6.51. The number of Topliss-reactive ketones (excluding diaryl/α,β-unsaturated/α-hetero) is 1. The molecule has 1 saturated heterocycles. The van der Waals surface area contributed by atoms with Gasteiger partial charge in [-0.3, -0.25) is 14.5 Å². The fourth-order valence-corrected chi connectivity index (χ4v) is 4.11. The van der Waals surface area contributed by atoms with Gasteiger partial charge >= 0.3 is 6.36 Å². The Bertz CT molecular complexity index is 1370. The summed E-state index contributed by atoms with van der Waals surface area (Å²) in [6.45, 7) is 2.16. The van der Waals surface area contributed by atoms with Crippen LogP contribution in [-0.2, 0) is 9.59 Å². The fourth-order valence-electron chi connectivity index (χ4n) is 4.11. The molecule has 3 aromatic carbocycles. The van der Waals surface area contributed by atoms with Crippen molar-refractivity contribution in [3.05, 3.63) is 89.5 Å². The van der Waals surface area contributed by atoms with Crippen LogP contribution >= 0.6 is 0 Å². The number of ether oxygens (including phenoxy) is 3. The van der Waals surface area contributed by atoms with E-state index in [0.29, 0.717) is 23.7 Å². The number of rotatable bonds is 7. The van der Waals surface area contributed by atoms with Crippen molar-refractivity contribution in [2.75, 3.05) is 18.6 Å². The fraction of sp³-hybridized carbons (Fsp3) is 0.185. The lowest BCUT2D eigenvalue weighted by atomic mass is 9.95. The number of alkyl halides is 3.